The molecule has 1 aliphatic rings. The number of carbonyl (C=O) groups is 1. The van der Waals surface area contributed by atoms with Crippen LogP contribution in [0.25, 0.3) is 6.08 Å². The molecule has 6 nitrogen and oxygen atoms in total. The van der Waals surface area contributed by atoms with E-state index in [4.69, 9.17) is 21.1 Å². The SMILES string of the molecule is CCOC(=O)C1=C(C)N=c2s/c(=C\c3ccc(OCc4cccc(Cl)c4)c(Br)c3)c(=O)n2[C@@H]1c1cccs1. The van der Waals surface area contributed by atoms with Crippen molar-refractivity contribution < 1.29 is 14.3 Å². The monoisotopic (exact) mass is 628 g/mol. The van der Waals surface area contributed by atoms with E-state index in [0.29, 0.717) is 38.0 Å². The lowest BCUT2D eigenvalue weighted by Gasteiger charge is -2.23. The Morgan fingerprint density at radius 1 is 1.21 bits per heavy atom. The molecule has 4 aromatic rings. The van der Waals surface area contributed by atoms with Crippen LogP contribution in [-0.2, 0) is 16.1 Å². The highest BCUT2D eigenvalue weighted by Gasteiger charge is 2.33. The number of carbonyl (C=O) groups excluding carboxylic acids is 1. The van der Waals surface area contributed by atoms with Gasteiger partial charge >= 0.3 is 5.97 Å². The Bertz CT molecular complexity index is 1720. The minimum atomic E-state index is -0.582. The lowest BCUT2D eigenvalue weighted by molar-refractivity contribution is -0.139. The Balaban J connectivity index is 1.50. The number of thiophene rings is 1. The van der Waals surface area contributed by atoms with Crippen LogP contribution in [0.1, 0.15) is 35.9 Å². The van der Waals surface area contributed by atoms with Crippen molar-refractivity contribution in [1.29, 1.82) is 0 Å². The highest BCUT2D eigenvalue weighted by atomic mass is 79.9. The summed E-state index contributed by atoms with van der Waals surface area (Å²) in [6, 6.07) is 16.4. The number of hydrogen-bond donors (Lipinski definition) is 0. The average molecular weight is 630 g/mol. The quantitative estimate of drug-likeness (QED) is 0.241. The Hall–Kier alpha value is -2.98. The number of allylic oxidation sites excluding steroid dienone is 1. The maximum Gasteiger partial charge on any atom is 0.338 e. The number of halogens is 2. The second-order valence-corrected chi connectivity index (χ2v) is 11.7. The summed E-state index contributed by atoms with van der Waals surface area (Å²) in [5.74, 6) is 0.217. The van der Waals surface area contributed by atoms with Gasteiger partial charge in [0, 0.05) is 9.90 Å². The number of rotatable bonds is 7. The van der Waals surface area contributed by atoms with E-state index >= 15 is 0 Å². The largest absolute Gasteiger partial charge is 0.488 e. The van der Waals surface area contributed by atoms with Crippen molar-refractivity contribution in [1.82, 2.24) is 4.57 Å². The predicted molar refractivity (Wildman–Crippen MR) is 155 cm³/mol. The Morgan fingerprint density at radius 2 is 2.05 bits per heavy atom. The lowest BCUT2D eigenvalue weighted by Crippen LogP contribution is -2.39. The van der Waals surface area contributed by atoms with Gasteiger partial charge in [0.05, 0.1) is 26.9 Å². The topological polar surface area (TPSA) is 69.9 Å². The normalized spacial score (nSPS) is 15.3. The first kappa shape index (κ1) is 26.6. The molecule has 10 heteroatoms. The third-order valence-corrected chi connectivity index (χ3v) is 8.63. The molecule has 0 spiro atoms. The van der Waals surface area contributed by atoms with Gasteiger partial charge in [-0.3, -0.25) is 9.36 Å². The van der Waals surface area contributed by atoms with Crippen LogP contribution in [0.2, 0.25) is 5.02 Å². The fraction of sp³-hybridized carbons (Fsp3) is 0.179. The molecule has 1 atom stereocenters. The first-order valence-electron chi connectivity index (χ1n) is 11.8. The number of thiazole rings is 1. The lowest BCUT2D eigenvalue weighted by atomic mass is 10.0. The molecule has 0 saturated heterocycles. The zero-order valence-corrected chi connectivity index (χ0v) is 24.4. The average Bonchev–Trinajstić information content (AvgIpc) is 3.51. The first-order chi connectivity index (χ1) is 18.4. The molecule has 194 valence electrons. The van der Waals surface area contributed by atoms with Crippen molar-refractivity contribution in [2.24, 2.45) is 4.99 Å². The molecule has 0 unspecified atom stereocenters. The zero-order chi connectivity index (χ0) is 26.8. The van der Waals surface area contributed by atoms with Crippen molar-refractivity contribution in [2.75, 3.05) is 6.61 Å². The van der Waals surface area contributed by atoms with E-state index in [9.17, 15) is 9.59 Å². The standard InChI is InChI=1S/C28H22BrClN2O4S2/c1-3-35-27(34)24-16(2)31-28-32(25(24)22-8-5-11-37-22)26(33)23(38-28)14-17-9-10-21(20(29)13-17)36-15-18-6-4-7-19(30)12-18/h4-14,25H,3,15H2,1-2H3/b23-14-/t25-/m1/s1. The molecule has 5 rings (SSSR count). The highest BCUT2D eigenvalue weighted by molar-refractivity contribution is 9.10. The second kappa shape index (κ2) is 11.4. The van der Waals surface area contributed by atoms with Gasteiger partial charge in [-0.2, -0.15) is 0 Å². The van der Waals surface area contributed by atoms with Crippen LogP contribution >= 0.6 is 50.2 Å². The van der Waals surface area contributed by atoms with Gasteiger partial charge in [-0.15, -0.1) is 11.3 Å². The third-order valence-electron chi connectivity index (χ3n) is 5.87. The molecule has 0 bridgehead atoms. The van der Waals surface area contributed by atoms with Gasteiger partial charge in [-0.25, -0.2) is 9.79 Å². The molecule has 0 saturated carbocycles. The maximum atomic E-state index is 13.7. The first-order valence-corrected chi connectivity index (χ1v) is 14.6. The summed E-state index contributed by atoms with van der Waals surface area (Å²) >= 11 is 12.4. The molecule has 0 amide bonds. The van der Waals surface area contributed by atoms with E-state index in [-0.39, 0.29) is 12.2 Å². The van der Waals surface area contributed by atoms with E-state index < -0.39 is 12.0 Å². The van der Waals surface area contributed by atoms with Gasteiger partial charge in [-0.1, -0.05) is 47.2 Å². The molecule has 2 aromatic carbocycles. The predicted octanol–water partition coefficient (Wildman–Crippen LogP) is 5.85. The smallest absolute Gasteiger partial charge is 0.338 e. The maximum absolute atomic E-state index is 13.7. The van der Waals surface area contributed by atoms with E-state index in [1.54, 1.807) is 18.4 Å². The van der Waals surface area contributed by atoms with Crippen LogP contribution in [0.4, 0.5) is 0 Å². The van der Waals surface area contributed by atoms with Crippen LogP contribution in [0.3, 0.4) is 0 Å². The molecular weight excluding hydrogens is 608 g/mol. The van der Waals surface area contributed by atoms with Gasteiger partial charge in [0.25, 0.3) is 5.56 Å². The number of aromatic nitrogens is 1. The van der Waals surface area contributed by atoms with Crippen LogP contribution in [-0.4, -0.2) is 17.1 Å². The molecule has 0 aliphatic carbocycles. The van der Waals surface area contributed by atoms with E-state index in [1.165, 1.54) is 22.7 Å². The minimum Gasteiger partial charge on any atom is -0.488 e. The van der Waals surface area contributed by atoms with E-state index in [0.717, 1.165) is 20.5 Å². The Morgan fingerprint density at radius 3 is 2.76 bits per heavy atom. The summed E-state index contributed by atoms with van der Waals surface area (Å²) in [6.45, 7) is 4.16. The van der Waals surface area contributed by atoms with Gasteiger partial charge < -0.3 is 9.47 Å². The summed E-state index contributed by atoms with van der Waals surface area (Å²) in [6.07, 6.45) is 1.82. The van der Waals surface area contributed by atoms with Crippen molar-refractivity contribution in [3.8, 4) is 5.75 Å². The van der Waals surface area contributed by atoms with Gasteiger partial charge in [0.2, 0.25) is 0 Å². The molecule has 3 heterocycles. The molecule has 0 fully saturated rings. The summed E-state index contributed by atoms with van der Waals surface area (Å²) in [7, 11) is 0. The number of esters is 1. The van der Waals surface area contributed by atoms with Crippen molar-refractivity contribution in [2.45, 2.75) is 26.5 Å². The van der Waals surface area contributed by atoms with Crippen LogP contribution < -0.4 is 19.6 Å². The highest BCUT2D eigenvalue weighted by Crippen LogP contribution is 2.33. The van der Waals surface area contributed by atoms with Gasteiger partial charge in [0.1, 0.15) is 18.4 Å². The van der Waals surface area contributed by atoms with Gasteiger partial charge in [0.15, 0.2) is 4.80 Å². The minimum absolute atomic E-state index is 0.209. The molecular formula is C28H22BrClN2O4S2. The van der Waals surface area contributed by atoms with Crippen LogP contribution in [0.15, 0.2) is 85.5 Å². The summed E-state index contributed by atoms with van der Waals surface area (Å²) < 4.78 is 14.1. The summed E-state index contributed by atoms with van der Waals surface area (Å²) in [5, 5.41) is 2.59. The fourth-order valence-electron chi connectivity index (χ4n) is 4.17. The second-order valence-electron chi connectivity index (χ2n) is 8.43. The van der Waals surface area contributed by atoms with Crippen LogP contribution in [0, 0.1) is 0 Å². The molecule has 0 radical (unpaired) electrons. The number of benzene rings is 2. The third kappa shape index (κ3) is 5.42. The van der Waals surface area contributed by atoms with Crippen molar-refractivity contribution in [3.05, 3.63) is 116 Å². The number of fused-ring (bicyclic) bond motifs is 1. The fourth-order valence-corrected chi connectivity index (χ4v) is 6.76. The van der Waals surface area contributed by atoms with Gasteiger partial charge in [-0.05, 0) is 82.7 Å². The number of ether oxygens (including phenoxy) is 2. The van der Waals surface area contributed by atoms with E-state index in [1.807, 2.05) is 66.1 Å². The summed E-state index contributed by atoms with van der Waals surface area (Å²) in [5.41, 5.74) is 2.52. The van der Waals surface area contributed by atoms with E-state index in [2.05, 4.69) is 20.9 Å². The Kier molecular flexibility index (Phi) is 7.99. The number of nitrogens with zero attached hydrogens (tertiary/aromatic N) is 2. The summed E-state index contributed by atoms with van der Waals surface area (Å²) in [4.78, 5) is 32.6. The van der Waals surface area contributed by atoms with Crippen LogP contribution in [0.5, 0.6) is 5.75 Å². The molecule has 0 N–H and O–H groups in total. The van der Waals surface area contributed by atoms with Crippen molar-refractivity contribution >= 4 is 62.2 Å². The number of hydrogen-bond acceptors (Lipinski definition) is 7. The zero-order valence-electron chi connectivity index (χ0n) is 20.4. The van der Waals surface area contributed by atoms with Crippen molar-refractivity contribution in [3.63, 3.8) is 0 Å². The Labute approximate surface area is 240 Å². The molecule has 1 aliphatic heterocycles. The molecule has 38 heavy (non-hydrogen) atoms. The molecule has 2 aromatic heterocycles.